The second-order valence-corrected chi connectivity index (χ2v) is 5.39. The maximum Gasteiger partial charge on any atom is 0.432 e. The van der Waals surface area contributed by atoms with Crippen LogP contribution in [0.1, 0.15) is 12.1 Å². The van der Waals surface area contributed by atoms with Crippen LogP contribution in [-0.2, 0) is 11.0 Å². The average Bonchev–Trinajstić information content (AvgIpc) is 3.07. The topological polar surface area (TPSA) is 69.8 Å². The lowest BCUT2D eigenvalue weighted by atomic mass is 10.1. The fourth-order valence-electron chi connectivity index (χ4n) is 2.37. The Bertz CT molecular complexity index is 762. The molecular weight excluding hydrogens is 321 g/mol. The number of hydrogen-bond acceptors (Lipinski definition) is 3. The van der Waals surface area contributed by atoms with Crippen LogP contribution in [0.15, 0.2) is 42.0 Å². The van der Waals surface area contributed by atoms with Gasteiger partial charge >= 0.3 is 6.18 Å². The van der Waals surface area contributed by atoms with E-state index in [4.69, 9.17) is 0 Å². The molecule has 2 heterocycles. The molecule has 0 radical (unpaired) electrons. The lowest BCUT2D eigenvalue weighted by Gasteiger charge is -2.14. The highest BCUT2D eigenvalue weighted by Gasteiger charge is 2.33. The SMILES string of the molecule is O=C(Nc1ccc(-c2cc(C(F)(F)F)[nH]n2)cc1)C1=CCCNC1. The molecule has 1 aromatic heterocycles. The summed E-state index contributed by atoms with van der Waals surface area (Å²) in [5.74, 6) is -0.186. The van der Waals surface area contributed by atoms with Crippen LogP contribution in [0.3, 0.4) is 0 Å². The van der Waals surface area contributed by atoms with E-state index in [0.29, 0.717) is 23.4 Å². The summed E-state index contributed by atoms with van der Waals surface area (Å²) in [5, 5.41) is 11.5. The number of alkyl halides is 3. The molecule has 0 spiro atoms. The Balaban J connectivity index is 1.70. The van der Waals surface area contributed by atoms with Crippen molar-refractivity contribution in [2.75, 3.05) is 18.4 Å². The standard InChI is InChI=1S/C16H15F3N4O/c17-16(18,19)14-8-13(22-23-14)10-3-5-12(6-4-10)21-15(24)11-2-1-7-20-9-11/h2-6,8,20H,1,7,9H2,(H,21,24)(H,22,23). The van der Waals surface area contributed by atoms with Crippen LogP contribution in [0.5, 0.6) is 0 Å². The van der Waals surface area contributed by atoms with Crippen LogP contribution in [0.2, 0.25) is 0 Å². The van der Waals surface area contributed by atoms with Crippen molar-refractivity contribution < 1.29 is 18.0 Å². The number of amides is 1. The minimum Gasteiger partial charge on any atom is -0.322 e. The quantitative estimate of drug-likeness (QED) is 0.807. The lowest BCUT2D eigenvalue weighted by molar-refractivity contribution is -0.141. The number of nitrogens with one attached hydrogen (secondary N) is 3. The van der Waals surface area contributed by atoms with Gasteiger partial charge in [-0.2, -0.15) is 18.3 Å². The molecule has 0 fully saturated rings. The molecule has 8 heteroatoms. The zero-order valence-corrected chi connectivity index (χ0v) is 12.6. The largest absolute Gasteiger partial charge is 0.432 e. The summed E-state index contributed by atoms with van der Waals surface area (Å²) in [6.45, 7) is 1.38. The maximum atomic E-state index is 12.6. The highest BCUT2D eigenvalue weighted by Crippen LogP contribution is 2.30. The third-order valence-corrected chi connectivity index (χ3v) is 3.64. The number of aromatic nitrogens is 2. The Hall–Kier alpha value is -2.61. The Morgan fingerprint density at radius 3 is 2.54 bits per heavy atom. The zero-order chi connectivity index (χ0) is 17.2. The molecule has 24 heavy (non-hydrogen) atoms. The molecule has 5 nitrogen and oxygen atoms in total. The molecule has 0 saturated carbocycles. The molecular formula is C16H15F3N4O. The van der Waals surface area contributed by atoms with E-state index in [9.17, 15) is 18.0 Å². The van der Waals surface area contributed by atoms with E-state index >= 15 is 0 Å². The first-order valence-electron chi connectivity index (χ1n) is 7.37. The minimum atomic E-state index is -4.46. The van der Waals surface area contributed by atoms with Crippen molar-refractivity contribution in [1.29, 1.82) is 0 Å². The summed E-state index contributed by atoms with van der Waals surface area (Å²) >= 11 is 0. The summed E-state index contributed by atoms with van der Waals surface area (Å²) in [6, 6.07) is 7.43. The van der Waals surface area contributed by atoms with Crippen molar-refractivity contribution in [3.8, 4) is 11.3 Å². The fraction of sp³-hybridized carbons (Fsp3) is 0.250. The van der Waals surface area contributed by atoms with Gasteiger partial charge in [-0.3, -0.25) is 9.89 Å². The maximum absolute atomic E-state index is 12.6. The summed E-state index contributed by atoms with van der Waals surface area (Å²) in [4.78, 5) is 12.1. The van der Waals surface area contributed by atoms with Crippen LogP contribution < -0.4 is 10.6 Å². The highest BCUT2D eigenvalue weighted by molar-refractivity contribution is 6.04. The van der Waals surface area contributed by atoms with Crippen molar-refractivity contribution in [2.45, 2.75) is 12.6 Å². The van der Waals surface area contributed by atoms with Crippen molar-refractivity contribution in [3.05, 3.63) is 47.7 Å². The van der Waals surface area contributed by atoms with Crippen LogP contribution in [-0.4, -0.2) is 29.2 Å². The lowest BCUT2D eigenvalue weighted by Crippen LogP contribution is -2.28. The Labute approximate surface area is 136 Å². The number of hydrogen-bond donors (Lipinski definition) is 3. The van der Waals surface area contributed by atoms with Gasteiger partial charge in [0.15, 0.2) is 0 Å². The summed E-state index contributed by atoms with van der Waals surface area (Å²) in [6.07, 6.45) is -1.76. The third kappa shape index (κ3) is 3.65. The van der Waals surface area contributed by atoms with Crippen molar-refractivity contribution in [3.63, 3.8) is 0 Å². The predicted molar refractivity (Wildman–Crippen MR) is 83.2 cm³/mol. The summed E-state index contributed by atoms with van der Waals surface area (Å²) in [7, 11) is 0. The number of anilines is 1. The first-order valence-corrected chi connectivity index (χ1v) is 7.37. The van der Waals surface area contributed by atoms with E-state index < -0.39 is 11.9 Å². The van der Waals surface area contributed by atoms with E-state index in [-0.39, 0.29) is 11.6 Å². The Kier molecular flexibility index (Phi) is 4.39. The second kappa shape index (κ2) is 6.48. The molecule has 3 rings (SSSR count). The smallest absolute Gasteiger partial charge is 0.322 e. The normalized spacial score (nSPS) is 15.0. The van der Waals surface area contributed by atoms with Gasteiger partial charge in [-0.15, -0.1) is 0 Å². The number of carbonyl (C=O) groups is 1. The molecule has 1 aliphatic heterocycles. The third-order valence-electron chi connectivity index (χ3n) is 3.64. The number of rotatable bonds is 3. The number of benzene rings is 1. The fourth-order valence-corrected chi connectivity index (χ4v) is 2.37. The van der Waals surface area contributed by atoms with Gasteiger partial charge in [-0.1, -0.05) is 18.2 Å². The zero-order valence-electron chi connectivity index (χ0n) is 12.6. The van der Waals surface area contributed by atoms with Gasteiger partial charge in [0, 0.05) is 23.4 Å². The van der Waals surface area contributed by atoms with E-state index in [1.54, 1.807) is 24.3 Å². The molecule has 0 saturated heterocycles. The molecule has 1 aromatic carbocycles. The van der Waals surface area contributed by atoms with E-state index in [2.05, 4.69) is 15.7 Å². The predicted octanol–water partition coefficient (Wildman–Crippen LogP) is 2.95. The van der Waals surface area contributed by atoms with Gasteiger partial charge in [0.2, 0.25) is 0 Å². The van der Waals surface area contributed by atoms with Crippen LogP contribution in [0.25, 0.3) is 11.3 Å². The van der Waals surface area contributed by atoms with Gasteiger partial charge in [-0.25, -0.2) is 0 Å². The number of halogens is 3. The molecule has 0 bridgehead atoms. The van der Waals surface area contributed by atoms with Crippen molar-refractivity contribution in [1.82, 2.24) is 15.5 Å². The van der Waals surface area contributed by atoms with Crippen LogP contribution in [0.4, 0.5) is 18.9 Å². The van der Waals surface area contributed by atoms with Gasteiger partial charge in [0.25, 0.3) is 5.91 Å². The number of H-pyrrole nitrogens is 1. The van der Waals surface area contributed by atoms with Crippen molar-refractivity contribution in [2.24, 2.45) is 0 Å². The molecule has 0 unspecified atom stereocenters. The highest BCUT2D eigenvalue weighted by atomic mass is 19.4. The molecule has 126 valence electrons. The van der Waals surface area contributed by atoms with Crippen LogP contribution in [0, 0.1) is 0 Å². The molecule has 0 atom stereocenters. The van der Waals surface area contributed by atoms with E-state index in [1.807, 2.05) is 11.2 Å². The Morgan fingerprint density at radius 2 is 1.96 bits per heavy atom. The number of aromatic amines is 1. The van der Waals surface area contributed by atoms with E-state index in [0.717, 1.165) is 19.0 Å². The van der Waals surface area contributed by atoms with Gasteiger partial charge < -0.3 is 10.6 Å². The first-order chi connectivity index (χ1) is 11.4. The Morgan fingerprint density at radius 1 is 1.21 bits per heavy atom. The van der Waals surface area contributed by atoms with Gasteiger partial charge in [0.1, 0.15) is 5.69 Å². The number of carbonyl (C=O) groups excluding carboxylic acids is 1. The average molecular weight is 336 g/mol. The molecule has 3 N–H and O–H groups in total. The monoisotopic (exact) mass is 336 g/mol. The number of nitrogens with zero attached hydrogens (tertiary/aromatic N) is 1. The first kappa shape index (κ1) is 16.3. The molecule has 1 amide bonds. The van der Waals surface area contributed by atoms with Crippen molar-refractivity contribution >= 4 is 11.6 Å². The van der Waals surface area contributed by atoms with Gasteiger partial charge in [0.05, 0.1) is 5.69 Å². The molecule has 1 aliphatic rings. The van der Waals surface area contributed by atoms with Gasteiger partial charge in [-0.05, 0) is 31.2 Å². The minimum absolute atomic E-state index is 0.186. The second-order valence-electron chi connectivity index (χ2n) is 5.39. The molecule has 0 aliphatic carbocycles. The molecule has 2 aromatic rings. The summed E-state index contributed by atoms with van der Waals surface area (Å²) in [5.41, 5.74) is 1.07. The summed E-state index contributed by atoms with van der Waals surface area (Å²) < 4.78 is 37.7. The van der Waals surface area contributed by atoms with Crippen LogP contribution >= 0.6 is 0 Å². The van der Waals surface area contributed by atoms with E-state index in [1.165, 1.54) is 0 Å².